The van der Waals surface area contributed by atoms with Crippen LogP contribution in [0.5, 0.6) is 0 Å². The van der Waals surface area contributed by atoms with Crippen molar-refractivity contribution < 1.29 is 9.53 Å². The van der Waals surface area contributed by atoms with Crippen LogP contribution in [-0.2, 0) is 11.3 Å². The van der Waals surface area contributed by atoms with Crippen molar-refractivity contribution in [3.8, 4) is 0 Å². The number of amides is 1. The normalized spacial score (nSPS) is 21.1. The second-order valence-corrected chi connectivity index (χ2v) is 3.56. The van der Waals surface area contributed by atoms with Crippen molar-refractivity contribution in [1.29, 1.82) is 0 Å². The van der Waals surface area contributed by atoms with E-state index in [-0.39, 0.29) is 12.2 Å². The summed E-state index contributed by atoms with van der Waals surface area (Å²) in [6.45, 7) is 3.24. The first-order chi connectivity index (χ1) is 6.75. The molecule has 1 saturated heterocycles. The minimum absolute atomic E-state index is 0.0196. The predicted octanol–water partition coefficient (Wildman–Crippen LogP) is 2.03. The van der Waals surface area contributed by atoms with E-state index >= 15 is 0 Å². The van der Waals surface area contributed by atoms with Crippen LogP contribution in [0.4, 0.5) is 4.79 Å². The Kier molecular flexibility index (Phi) is 2.39. The minimum Gasteiger partial charge on any atom is -0.444 e. The first-order valence-electron chi connectivity index (χ1n) is 4.75. The summed E-state index contributed by atoms with van der Waals surface area (Å²) < 4.78 is 5.03. The number of hydrogen-bond donors (Lipinski definition) is 0. The fourth-order valence-electron chi connectivity index (χ4n) is 1.60. The van der Waals surface area contributed by atoms with Gasteiger partial charge in [0.15, 0.2) is 0 Å². The molecule has 0 N–H and O–H groups in total. The molecule has 74 valence electrons. The van der Waals surface area contributed by atoms with Gasteiger partial charge in [0.25, 0.3) is 0 Å². The predicted molar refractivity (Wildman–Crippen MR) is 52.8 cm³/mol. The highest BCUT2D eigenvalue weighted by molar-refractivity contribution is 5.69. The van der Waals surface area contributed by atoms with Gasteiger partial charge >= 0.3 is 6.09 Å². The van der Waals surface area contributed by atoms with Crippen LogP contribution in [0.3, 0.4) is 0 Å². The van der Waals surface area contributed by atoms with Crippen LogP contribution < -0.4 is 0 Å². The van der Waals surface area contributed by atoms with Crippen LogP contribution in [0.2, 0.25) is 0 Å². The van der Waals surface area contributed by atoms with Gasteiger partial charge in [-0.3, -0.25) is 0 Å². The van der Waals surface area contributed by atoms with Crippen molar-refractivity contribution in [2.24, 2.45) is 0 Å². The molecule has 3 nitrogen and oxygen atoms in total. The molecule has 0 radical (unpaired) electrons. The lowest BCUT2D eigenvalue weighted by molar-refractivity contribution is 0.137. The molecule has 1 aromatic rings. The summed E-state index contributed by atoms with van der Waals surface area (Å²) in [6, 6.07) is 9.93. The third-order valence-electron chi connectivity index (χ3n) is 2.25. The number of hydrogen-bond acceptors (Lipinski definition) is 2. The van der Waals surface area contributed by atoms with E-state index in [1.165, 1.54) is 0 Å². The zero-order valence-electron chi connectivity index (χ0n) is 8.14. The molecular weight excluding hydrogens is 178 g/mol. The van der Waals surface area contributed by atoms with Gasteiger partial charge in [-0.1, -0.05) is 30.3 Å². The van der Waals surface area contributed by atoms with Gasteiger partial charge in [-0.05, 0) is 12.5 Å². The van der Waals surface area contributed by atoms with Gasteiger partial charge in [0.05, 0.1) is 6.54 Å². The molecule has 1 fully saturated rings. The molecule has 1 atom stereocenters. The van der Waals surface area contributed by atoms with Gasteiger partial charge in [-0.2, -0.15) is 0 Å². The number of carbonyl (C=O) groups is 1. The van der Waals surface area contributed by atoms with E-state index in [9.17, 15) is 4.79 Å². The van der Waals surface area contributed by atoms with Crippen molar-refractivity contribution >= 4 is 6.09 Å². The fourth-order valence-corrected chi connectivity index (χ4v) is 1.60. The van der Waals surface area contributed by atoms with Gasteiger partial charge in [0.2, 0.25) is 0 Å². The van der Waals surface area contributed by atoms with E-state index in [1.54, 1.807) is 4.90 Å². The van der Waals surface area contributed by atoms with E-state index in [0.29, 0.717) is 13.1 Å². The highest BCUT2D eigenvalue weighted by atomic mass is 16.6. The Hall–Kier alpha value is -1.51. The van der Waals surface area contributed by atoms with Crippen molar-refractivity contribution in [3.63, 3.8) is 0 Å². The van der Waals surface area contributed by atoms with E-state index in [1.807, 2.05) is 37.3 Å². The standard InChI is InChI=1S/C11H13NO2/c1-9-7-12(11(13)14-9)8-10-5-3-2-4-6-10/h2-6,9H,7-8H2,1H3/t9-/m1/s1. The second kappa shape index (κ2) is 3.70. The molecule has 0 bridgehead atoms. The van der Waals surface area contributed by atoms with Crippen LogP contribution >= 0.6 is 0 Å². The summed E-state index contributed by atoms with van der Waals surface area (Å²) >= 11 is 0. The Morgan fingerprint density at radius 2 is 2.14 bits per heavy atom. The highest BCUT2D eigenvalue weighted by Crippen LogP contribution is 2.14. The van der Waals surface area contributed by atoms with Crippen LogP contribution in [-0.4, -0.2) is 23.6 Å². The summed E-state index contributed by atoms with van der Waals surface area (Å²) in [7, 11) is 0. The lowest BCUT2D eigenvalue weighted by Crippen LogP contribution is -2.24. The second-order valence-electron chi connectivity index (χ2n) is 3.56. The summed E-state index contributed by atoms with van der Waals surface area (Å²) in [4.78, 5) is 13.0. The Morgan fingerprint density at radius 3 is 2.71 bits per heavy atom. The average Bonchev–Trinajstić information content (AvgIpc) is 2.47. The maximum Gasteiger partial charge on any atom is 0.410 e. The van der Waals surface area contributed by atoms with Gasteiger partial charge in [-0.25, -0.2) is 4.79 Å². The van der Waals surface area contributed by atoms with E-state index in [2.05, 4.69) is 0 Å². The Labute approximate surface area is 83.3 Å². The first-order valence-corrected chi connectivity index (χ1v) is 4.75. The molecule has 0 spiro atoms. The molecule has 1 aromatic carbocycles. The number of benzene rings is 1. The summed E-state index contributed by atoms with van der Waals surface area (Å²) in [5.41, 5.74) is 1.14. The molecule has 0 unspecified atom stereocenters. The lowest BCUT2D eigenvalue weighted by atomic mass is 10.2. The molecule has 1 heterocycles. The maximum atomic E-state index is 11.3. The molecule has 14 heavy (non-hydrogen) atoms. The third kappa shape index (κ3) is 1.87. The van der Waals surface area contributed by atoms with Crippen LogP contribution in [0.1, 0.15) is 12.5 Å². The summed E-state index contributed by atoms with van der Waals surface area (Å²) in [5.74, 6) is 0. The van der Waals surface area contributed by atoms with Crippen LogP contribution in [0, 0.1) is 0 Å². The SMILES string of the molecule is C[C@@H]1CN(Cc2ccccc2)C(=O)O1. The minimum atomic E-state index is -0.207. The Bertz CT molecular complexity index is 323. The highest BCUT2D eigenvalue weighted by Gasteiger charge is 2.27. The average molecular weight is 191 g/mol. The smallest absolute Gasteiger partial charge is 0.410 e. The monoisotopic (exact) mass is 191 g/mol. The van der Waals surface area contributed by atoms with E-state index in [0.717, 1.165) is 5.56 Å². The van der Waals surface area contributed by atoms with Gasteiger partial charge in [0.1, 0.15) is 6.10 Å². The molecule has 1 aliphatic rings. The molecule has 2 rings (SSSR count). The zero-order chi connectivity index (χ0) is 9.97. The number of nitrogens with zero attached hydrogens (tertiary/aromatic N) is 1. The molecule has 0 saturated carbocycles. The molecular formula is C11H13NO2. The molecule has 1 amide bonds. The Balaban J connectivity index is 2.02. The van der Waals surface area contributed by atoms with Crippen LogP contribution in [0.15, 0.2) is 30.3 Å². The van der Waals surface area contributed by atoms with Gasteiger partial charge < -0.3 is 9.64 Å². The topological polar surface area (TPSA) is 29.5 Å². The Morgan fingerprint density at radius 1 is 1.43 bits per heavy atom. The molecule has 0 aliphatic carbocycles. The zero-order valence-corrected chi connectivity index (χ0v) is 8.14. The summed E-state index contributed by atoms with van der Waals surface area (Å²) in [5, 5.41) is 0. The van der Waals surface area contributed by atoms with Crippen LogP contribution in [0.25, 0.3) is 0 Å². The quantitative estimate of drug-likeness (QED) is 0.715. The number of carbonyl (C=O) groups excluding carboxylic acids is 1. The van der Waals surface area contributed by atoms with Gasteiger partial charge in [-0.15, -0.1) is 0 Å². The largest absolute Gasteiger partial charge is 0.444 e. The van der Waals surface area contributed by atoms with Crippen molar-refractivity contribution in [3.05, 3.63) is 35.9 Å². The number of cyclic esters (lactones) is 1. The number of ether oxygens (including phenoxy) is 1. The molecule has 1 aliphatic heterocycles. The molecule has 0 aromatic heterocycles. The lowest BCUT2D eigenvalue weighted by Gasteiger charge is -2.11. The van der Waals surface area contributed by atoms with Crippen molar-refractivity contribution in [1.82, 2.24) is 4.90 Å². The third-order valence-corrected chi connectivity index (χ3v) is 2.25. The van der Waals surface area contributed by atoms with Gasteiger partial charge in [0, 0.05) is 6.54 Å². The van der Waals surface area contributed by atoms with Crippen molar-refractivity contribution in [2.75, 3.05) is 6.54 Å². The molecule has 3 heteroatoms. The fraction of sp³-hybridized carbons (Fsp3) is 0.364. The maximum absolute atomic E-state index is 11.3. The summed E-state index contributed by atoms with van der Waals surface area (Å²) in [6.07, 6.45) is -0.187. The van der Waals surface area contributed by atoms with E-state index < -0.39 is 0 Å². The first kappa shape index (κ1) is 9.06. The van der Waals surface area contributed by atoms with E-state index in [4.69, 9.17) is 4.74 Å². The number of rotatable bonds is 2. The van der Waals surface area contributed by atoms with Crippen molar-refractivity contribution in [2.45, 2.75) is 19.6 Å².